The molecule has 1 aromatic carbocycles. The van der Waals surface area contributed by atoms with Gasteiger partial charge in [-0.25, -0.2) is 4.39 Å². The predicted molar refractivity (Wildman–Crippen MR) is 80.6 cm³/mol. The fraction of sp³-hybridized carbons (Fsp3) is 0.588. The first-order valence-corrected chi connectivity index (χ1v) is 7.66. The number of benzene rings is 1. The van der Waals surface area contributed by atoms with Gasteiger partial charge in [-0.1, -0.05) is 13.3 Å². The Morgan fingerprint density at radius 2 is 2.33 bits per heavy atom. The zero-order valence-corrected chi connectivity index (χ0v) is 12.8. The van der Waals surface area contributed by atoms with E-state index in [0.717, 1.165) is 32.2 Å². The Kier molecular flexibility index (Phi) is 5.19. The van der Waals surface area contributed by atoms with Crippen molar-refractivity contribution in [3.05, 3.63) is 29.6 Å². The number of nitriles is 1. The van der Waals surface area contributed by atoms with Crippen molar-refractivity contribution in [1.29, 1.82) is 5.26 Å². The van der Waals surface area contributed by atoms with Crippen molar-refractivity contribution in [2.24, 2.45) is 5.92 Å². The summed E-state index contributed by atoms with van der Waals surface area (Å²) < 4.78 is 18.9. The van der Waals surface area contributed by atoms with Crippen LogP contribution in [0.2, 0.25) is 0 Å². The lowest BCUT2D eigenvalue weighted by atomic mass is 9.86. The van der Waals surface area contributed by atoms with E-state index in [4.69, 9.17) is 4.74 Å². The second kappa shape index (κ2) is 6.91. The molecule has 0 saturated heterocycles. The topological polar surface area (TPSA) is 45.0 Å². The van der Waals surface area contributed by atoms with Crippen LogP contribution >= 0.6 is 0 Å². The van der Waals surface area contributed by atoms with Gasteiger partial charge in [-0.05, 0) is 62.4 Å². The molecule has 2 unspecified atom stereocenters. The van der Waals surface area contributed by atoms with Crippen LogP contribution in [0.5, 0.6) is 5.75 Å². The molecule has 1 aliphatic rings. The van der Waals surface area contributed by atoms with E-state index < -0.39 is 5.54 Å². The zero-order chi connectivity index (χ0) is 15.3. The molecule has 2 rings (SSSR count). The second-order valence-corrected chi connectivity index (χ2v) is 5.75. The molecule has 0 heterocycles. The molecule has 114 valence electrons. The van der Waals surface area contributed by atoms with Crippen LogP contribution in [0.25, 0.3) is 0 Å². The van der Waals surface area contributed by atoms with Crippen molar-refractivity contribution in [2.75, 3.05) is 13.2 Å². The Labute approximate surface area is 126 Å². The second-order valence-electron chi connectivity index (χ2n) is 5.75. The number of ether oxygens (including phenoxy) is 1. The van der Waals surface area contributed by atoms with E-state index in [1.54, 1.807) is 19.1 Å². The summed E-state index contributed by atoms with van der Waals surface area (Å²) in [5.41, 5.74) is 0.198. The summed E-state index contributed by atoms with van der Waals surface area (Å²) in [6.45, 7) is 5.13. The third kappa shape index (κ3) is 3.54. The molecule has 1 saturated carbocycles. The highest BCUT2D eigenvalue weighted by Gasteiger charge is 2.42. The molecule has 0 aliphatic heterocycles. The van der Waals surface area contributed by atoms with Crippen molar-refractivity contribution in [3.63, 3.8) is 0 Å². The smallest absolute Gasteiger partial charge is 0.126 e. The summed E-state index contributed by atoms with van der Waals surface area (Å²) in [6.07, 6.45) is 3.90. The molecule has 0 bridgehead atoms. The third-order valence-electron chi connectivity index (χ3n) is 4.38. The van der Waals surface area contributed by atoms with Gasteiger partial charge in [-0.3, -0.25) is 5.32 Å². The molecule has 0 radical (unpaired) electrons. The summed E-state index contributed by atoms with van der Waals surface area (Å²) in [7, 11) is 0. The van der Waals surface area contributed by atoms with E-state index >= 15 is 0 Å². The normalized spacial score (nSPS) is 24.8. The van der Waals surface area contributed by atoms with Crippen LogP contribution in [-0.4, -0.2) is 18.7 Å². The molecular formula is C17H23FN2O. The lowest BCUT2D eigenvalue weighted by molar-refractivity contribution is 0.234. The monoisotopic (exact) mass is 290 g/mol. The maximum Gasteiger partial charge on any atom is 0.126 e. The van der Waals surface area contributed by atoms with Crippen LogP contribution in [0, 0.1) is 30.0 Å². The zero-order valence-electron chi connectivity index (χ0n) is 12.8. The van der Waals surface area contributed by atoms with Gasteiger partial charge in [0, 0.05) is 0 Å². The van der Waals surface area contributed by atoms with Crippen LogP contribution in [-0.2, 0) is 0 Å². The van der Waals surface area contributed by atoms with Gasteiger partial charge >= 0.3 is 0 Å². The summed E-state index contributed by atoms with van der Waals surface area (Å²) in [5, 5.41) is 12.9. The van der Waals surface area contributed by atoms with Crippen molar-refractivity contribution in [1.82, 2.24) is 5.32 Å². The highest BCUT2D eigenvalue weighted by atomic mass is 19.1. The van der Waals surface area contributed by atoms with E-state index in [2.05, 4.69) is 11.4 Å². The van der Waals surface area contributed by atoms with Gasteiger partial charge < -0.3 is 4.74 Å². The average molecular weight is 290 g/mol. The molecule has 1 fully saturated rings. The average Bonchev–Trinajstić information content (AvgIpc) is 2.87. The summed E-state index contributed by atoms with van der Waals surface area (Å²) in [5.74, 6) is 0.802. The van der Waals surface area contributed by atoms with E-state index in [1.165, 1.54) is 6.07 Å². The number of nitrogens with zero attached hydrogens (tertiary/aromatic N) is 1. The van der Waals surface area contributed by atoms with Crippen LogP contribution in [0.4, 0.5) is 4.39 Å². The Morgan fingerprint density at radius 3 is 3.00 bits per heavy atom. The summed E-state index contributed by atoms with van der Waals surface area (Å²) in [4.78, 5) is 0. The molecule has 0 amide bonds. The van der Waals surface area contributed by atoms with Crippen LogP contribution in [0.3, 0.4) is 0 Å². The maximum atomic E-state index is 13.2. The molecule has 4 heteroatoms. The van der Waals surface area contributed by atoms with Crippen molar-refractivity contribution in [3.8, 4) is 11.8 Å². The Balaban J connectivity index is 1.90. The minimum Gasteiger partial charge on any atom is -0.494 e. The first kappa shape index (κ1) is 15.8. The summed E-state index contributed by atoms with van der Waals surface area (Å²) >= 11 is 0. The number of halogens is 1. The Morgan fingerprint density at radius 1 is 1.52 bits per heavy atom. The number of aryl methyl sites for hydroxylation is 1. The van der Waals surface area contributed by atoms with Gasteiger partial charge in [-0.15, -0.1) is 0 Å². The largest absolute Gasteiger partial charge is 0.494 e. The standard InChI is InChI=1S/C17H23FN2O/c1-3-20-17(12-19)9-4-5-14(17)8-10-21-15-6-7-16(18)13(2)11-15/h6-7,11,14,20H,3-5,8-10H2,1-2H3. The molecule has 0 aromatic heterocycles. The van der Waals surface area contributed by atoms with Gasteiger partial charge in [0.1, 0.15) is 17.1 Å². The van der Waals surface area contributed by atoms with E-state index in [0.29, 0.717) is 23.8 Å². The van der Waals surface area contributed by atoms with Gasteiger partial charge in [0.05, 0.1) is 12.7 Å². The van der Waals surface area contributed by atoms with Crippen molar-refractivity contribution in [2.45, 2.75) is 45.1 Å². The fourth-order valence-corrected chi connectivity index (χ4v) is 3.23. The molecule has 0 spiro atoms. The predicted octanol–water partition coefficient (Wildman–Crippen LogP) is 3.58. The molecule has 1 N–H and O–H groups in total. The van der Waals surface area contributed by atoms with Gasteiger partial charge in [0.15, 0.2) is 0 Å². The van der Waals surface area contributed by atoms with E-state index in [1.807, 2.05) is 6.92 Å². The molecular weight excluding hydrogens is 267 g/mol. The number of hydrogen-bond acceptors (Lipinski definition) is 3. The van der Waals surface area contributed by atoms with Crippen LogP contribution in [0.15, 0.2) is 18.2 Å². The number of hydrogen-bond donors (Lipinski definition) is 1. The first-order valence-electron chi connectivity index (χ1n) is 7.66. The number of rotatable bonds is 6. The minimum atomic E-state index is -0.392. The number of nitrogens with one attached hydrogen (secondary N) is 1. The molecule has 2 atom stereocenters. The van der Waals surface area contributed by atoms with Crippen molar-refractivity contribution < 1.29 is 9.13 Å². The van der Waals surface area contributed by atoms with Gasteiger partial charge in [0.2, 0.25) is 0 Å². The molecule has 1 aromatic rings. The van der Waals surface area contributed by atoms with Crippen LogP contribution < -0.4 is 10.1 Å². The van der Waals surface area contributed by atoms with Gasteiger partial charge in [-0.2, -0.15) is 5.26 Å². The Hall–Kier alpha value is -1.60. The summed E-state index contributed by atoms with van der Waals surface area (Å²) in [6, 6.07) is 7.27. The first-order chi connectivity index (χ1) is 10.1. The maximum absolute atomic E-state index is 13.2. The van der Waals surface area contributed by atoms with E-state index in [9.17, 15) is 9.65 Å². The third-order valence-corrected chi connectivity index (χ3v) is 4.38. The van der Waals surface area contributed by atoms with E-state index in [-0.39, 0.29) is 5.82 Å². The van der Waals surface area contributed by atoms with Crippen molar-refractivity contribution >= 4 is 0 Å². The van der Waals surface area contributed by atoms with Gasteiger partial charge in [0.25, 0.3) is 0 Å². The molecule has 21 heavy (non-hydrogen) atoms. The minimum absolute atomic E-state index is 0.214. The van der Waals surface area contributed by atoms with Crippen LogP contribution in [0.1, 0.15) is 38.2 Å². The lowest BCUT2D eigenvalue weighted by Crippen LogP contribution is -2.47. The Bertz CT molecular complexity index is 526. The lowest BCUT2D eigenvalue weighted by Gasteiger charge is -2.29. The SMILES string of the molecule is CCNC1(C#N)CCCC1CCOc1ccc(F)c(C)c1. The fourth-order valence-electron chi connectivity index (χ4n) is 3.23. The highest BCUT2D eigenvalue weighted by molar-refractivity contribution is 5.28. The molecule has 1 aliphatic carbocycles. The quantitative estimate of drug-likeness (QED) is 0.871. The highest BCUT2D eigenvalue weighted by Crippen LogP contribution is 2.37. The molecule has 3 nitrogen and oxygen atoms in total.